The molecule has 2 N–H and O–H groups in total. The molecule has 1 aliphatic rings. The standard InChI is InChI=1S/C25H37N5O2.HI/c1-4-26-25(28-14-20(2)18-31-19-22-8-6-5-7-9-22)29-16-23-10-11-24(27-15-23)30-12-13-32-21(3)17-30;/h5-11,15,20-21H,4,12-14,16-19H2,1-3H3,(H2,26,28,29);1H. The minimum atomic E-state index is 0. The molecule has 0 spiro atoms. The van der Waals surface area contributed by atoms with Gasteiger partial charge in [0.1, 0.15) is 5.82 Å². The van der Waals surface area contributed by atoms with Gasteiger partial charge in [-0.25, -0.2) is 9.98 Å². The number of anilines is 1. The van der Waals surface area contributed by atoms with Crippen molar-refractivity contribution in [2.75, 3.05) is 44.3 Å². The van der Waals surface area contributed by atoms with E-state index in [0.717, 1.165) is 50.1 Å². The lowest BCUT2D eigenvalue weighted by atomic mass is 10.2. The van der Waals surface area contributed by atoms with Crippen LogP contribution >= 0.6 is 24.0 Å². The van der Waals surface area contributed by atoms with E-state index in [1.54, 1.807) is 0 Å². The van der Waals surface area contributed by atoms with Crippen molar-refractivity contribution in [2.45, 2.75) is 40.0 Å². The van der Waals surface area contributed by atoms with E-state index in [0.29, 0.717) is 25.7 Å². The van der Waals surface area contributed by atoms with Crippen LogP contribution in [0.15, 0.2) is 53.7 Å². The number of ether oxygens (including phenoxy) is 2. The van der Waals surface area contributed by atoms with Crippen molar-refractivity contribution in [3.63, 3.8) is 0 Å². The van der Waals surface area contributed by atoms with Gasteiger partial charge in [-0.15, -0.1) is 24.0 Å². The van der Waals surface area contributed by atoms with Crippen molar-refractivity contribution >= 4 is 35.8 Å². The summed E-state index contributed by atoms with van der Waals surface area (Å²) in [5.41, 5.74) is 2.29. The average molecular weight is 568 g/mol. The van der Waals surface area contributed by atoms with Gasteiger partial charge in [0.25, 0.3) is 0 Å². The highest BCUT2D eigenvalue weighted by molar-refractivity contribution is 14.0. The van der Waals surface area contributed by atoms with Crippen molar-refractivity contribution in [2.24, 2.45) is 10.9 Å². The summed E-state index contributed by atoms with van der Waals surface area (Å²) in [5.74, 6) is 2.19. The summed E-state index contributed by atoms with van der Waals surface area (Å²) in [4.78, 5) is 11.6. The van der Waals surface area contributed by atoms with Gasteiger partial charge in [0, 0.05) is 32.4 Å². The molecule has 0 aliphatic carbocycles. The molecule has 33 heavy (non-hydrogen) atoms. The van der Waals surface area contributed by atoms with E-state index in [9.17, 15) is 0 Å². The number of rotatable bonds is 10. The molecule has 7 nitrogen and oxygen atoms in total. The molecule has 2 aromatic rings. The van der Waals surface area contributed by atoms with Crippen LogP contribution in [0.2, 0.25) is 0 Å². The minimum Gasteiger partial charge on any atom is -0.376 e. The zero-order valence-corrected chi connectivity index (χ0v) is 22.3. The van der Waals surface area contributed by atoms with Gasteiger partial charge in [-0.05, 0) is 37.0 Å². The fourth-order valence-corrected chi connectivity index (χ4v) is 3.52. The van der Waals surface area contributed by atoms with Crippen molar-refractivity contribution in [1.82, 2.24) is 15.6 Å². The number of pyridine rings is 1. The van der Waals surface area contributed by atoms with Gasteiger partial charge in [-0.2, -0.15) is 0 Å². The van der Waals surface area contributed by atoms with E-state index in [4.69, 9.17) is 14.5 Å². The number of guanidine groups is 1. The van der Waals surface area contributed by atoms with Crippen LogP contribution < -0.4 is 15.5 Å². The summed E-state index contributed by atoms with van der Waals surface area (Å²) in [6.45, 7) is 12.4. The second-order valence-corrected chi connectivity index (χ2v) is 8.33. The predicted octanol–water partition coefficient (Wildman–Crippen LogP) is 3.83. The summed E-state index contributed by atoms with van der Waals surface area (Å²) in [6.07, 6.45) is 2.16. The highest BCUT2D eigenvalue weighted by Gasteiger charge is 2.17. The molecule has 0 bridgehead atoms. The lowest BCUT2D eigenvalue weighted by Crippen LogP contribution is -2.41. The largest absolute Gasteiger partial charge is 0.376 e. The van der Waals surface area contributed by atoms with Gasteiger partial charge in [-0.3, -0.25) is 0 Å². The quantitative estimate of drug-likeness (QED) is 0.259. The van der Waals surface area contributed by atoms with Gasteiger partial charge in [0.05, 0.1) is 32.5 Å². The lowest BCUT2D eigenvalue weighted by Gasteiger charge is -2.32. The van der Waals surface area contributed by atoms with Gasteiger partial charge >= 0.3 is 0 Å². The minimum absolute atomic E-state index is 0. The maximum Gasteiger partial charge on any atom is 0.191 e. The van der Waals surface area contributed by atoms with Crippen LogP contribution in [0.3, 0.4) is 0 Å². The molecule has 1 aliphatic heterocycles. The van der Waals surface area contributed by atoms with Gasteiger partial charge in [-0.1, -0.05) is 43.3 Å². The van der Waals surface area contributed by atoms with Crippen molar-refractivity contribution in [3.8, 4) is 0 Å². The number of benzene rings is 1. The van der Waals surface area contributed by atoms with E-state index >= 15 is 0 Å². The van der Waals surface area contributed by atoms with E-state index in [1.807, 2.05) is 24.4 Å². The van der Waals surface area contributed by atoms with Gasteiger partial charge in [0.2, 0.25) is 0 Å². The third-order valence-corrected chi connectivity index (χ3v) is 5.27. The molecule has 182 valence electrons. The molecule has 0 amide bonds. The Balaban J connectivity index is 0.00000385. The van der Waals surface area contributed by atoms with Crippen LogP contribution in [0.25, 0.3) is 0 Å². The van der Waals surface area contributed by atoms with Crippen LogP contribution in [-0.2, 0) is 22.6 Å². The number of nitrogens with zero attached hydrogens (tertiary/aromatic N) is 3. The molecule has 1 saturated heterocycles. The Labute approximate surface area is 215 Å². The molecule has 0 radical (unpaired) electrons. The molecule has 1 fully saturated rings. The first-order valence-electron chi connectivity index (χ1n) is 11.6. The third kappa shape index (κ3) is 9.85. The number of morpholine rings is 1. The van der Waals surface area contributed by atoms with E-state index in [1.165, 1.54) is 5.56 Å². The fourth-order valence-electron chi connectivity index (χ4n) is 3.52. The smallest absolute Gasteiger partial charge is 0.191 e. The predicted molar refractivity (Wildman–Crippen MR) is 145 cm³/mol. The molecular weight excluding hydrogens is 529 g/mol. The number of aromatic nitrogens is 1. The molecule has 8 heteroatoms. The summed E-state index contributed by atoms with van der Waals surface area (Å²) in [5, 5.41) is 6.74. The highest BCUT2D eigenvalue weighted by atomic mass is 127. The topological polar surface area (TPSA) is 71.0 Å². The van der Waals surface area contributed by atoms with Crippen molar-refractivity contribution < 1.29 is 9.47 Å². The Morgan fingerprint density at radius 2 is 2.03 bits per heavy atom. The summed E-state index contributed by atoms with van der Waals surface area (Å²) >= 11 is 0. The third-order valence-electron chi connectivity index (χ3n) is 5.27. The number of nitrogens with one attached hydrogen (secondary N) is 2. The fraction of sp³-hybridized carbons (Fsp3) is 0.520. The lowest BCUT2D eigenvalue weighted by molar-refractivity contribution is 0.0529. The molecule has 3 rings (SSSR count). The first kappa shape index (κ1) is 27.3. The van der Waals surface area contributed by atoms with E-state index < -0.39 is 0 Å². The van der Waals surface area contributed by atoms with Crippen LogP contribution in [0, 0.1) is 5.92 Å². The highest BCUT2D eigenvalue weighted by Crippen LogP contribution is 2.15. The second-order valence-electron chi connectivity index (χ2n) is 8.33. The normalized spacial score (nSPS) is 17.2. The maximum atomic E-state index is 5.85. The molecule has 1 aromatic carbocycles. The Bertz CT molecular complexity index is 819. The van der Waals surface area contributed by atoms with Crippen molar-refractivity contribution in [1.29, 1.82) is 0 Å². The van der Waals surface area contributed by atoms with Crippen LogP contribution in [-0.4, -0.2) is 56.4 Å². The van der Waals surface area contributed by atoms with E-state index in [2.05, 4.69) is 65.6 Å². The van der Waals surface area contributed by atoms with Crippen LogP contribution in [0.1, 0.15) is 31.9 Å². The Morgan fingerprint density at radius 1 is 1.21 bits per heavy atom. The SMILES string of the molecule is CCNC(=NCc1ccc(N2CCOC(C)C2)nc1)NCC(C)COCc1ccccc1.I. The summed E-state index contributed by atoms with van der Waals surface area (Å²) in [6, 6.07) is 14.4. The maximum absolute atomic E-state index is 5.85. The molecule has 0 saturated carbocycles. The zero-order valence-electron chi connectivity index (χ0n) is 20.0. The molecule has 1 aromatic heterocycles. The average Bonchev–Trinajstić information content (AvgIpc) is 2.82. The monoisotopic (exact) mass is 567 g/mol. The van der Waals surface area contributed by atoms with Crippen molar-refractivity contribution in [3.05, 3.63) is 59.8 Å². The Kier molecular flexibility index (Phi) is 12.5. The summed E-state index contributed by atoms with van der Waals surface area (Å²) in [7, 11) is 0. The van der Waals surface area contributed by atoms with E-state index in [-0.39, 0.29) is 30.1 Å². The zero-order chi connectivity index (χ0) is 22.6. The Hall–Kier alpha value is -1.91. The number of halogens is 1. The molecule has 2 heterocycles. The number of aliphatic imine (C=N–C) groups is 1. The number of hydrogen-bond acceptors (Lipinski definition) is 5. The molecule has 2 unspecified atom stereocenters. The number of hydrogen-bond donors (Lipinski definition) is 2. The molecule has 2 atom stereocenters. The van der Waals surface area contributed by atoms with Crippen LogP contribution in [0.4, 0.5) is 5.82 Å². The molecular formula is C25H38IN5O2. The van der Waals surface area contributed by atoms with Gasteiger partial charge < -0.3 is 25.0 Å². The van der Waals surface area contributed by atoms with Crippen LogP contribution in [0.5, 0.6) is 0 Å². The summed E-state index contributed by atoms with van der Waals surface area (Å²) < 4.78 is 11.5. The van der Waals surface area contributed by atoms with Gasteiger partial charge in [0.15, 0.2) is 5.96 Å². The first-order chi connectivity index (χ1) is 15.6. The second kappa shape index (κ2) is 15.1. The first-order valence-corrected chi connectivity index (χ1v) is 11.6. The Morgan fingerprint density at radius 3 is 2.73 bits per heavy atom.